The molecule has 2 fully saturated rings. The number of hydrogen-bond donors (Lipinski definition) is 2. The summed E-state index contributed by atoms with van der Waals surface area (Å²) in [6.45, 7) is 2.48. The Morgan fingerprint density at radius 1 is 1.41 bits per heavy atom. The van der Waals surface area contributed by atoms with Gasteiger partial charge in [-0.05, 0) is 47.8 Å². The smallest absolute Gasteiger partial charge is 0.140 e. The van der Waals surface area contributed by atoms with Gasteiger partial charge in [-0.25, -0.2) is 4.98 Å². The predicted octanol–water partition coefficient (Wildman–Crippen LogP) is 2.07. The second kappa shape index (κ2) is 4.46. The number of pyridine rings is 1. The van der Waals surface area contributed by atoms with E-state index in [1.807, 2.05) is 6.07 Å². The Labute approximate surface area is 110 Å². The van der Waals surface area contributed by atoms with E-state index in [9.17, 15) is 0 Å². The Balaban J connectivity index is 1.74. The summed E-state index contributed by atoms with van der Waals surface area (Å²) in [6.07, 6.45) is 5.56. The summed E-state index contributed by atoms with van der Waals surface area (Å²) in [7, 11) is 0. The van der Waals surface area contributed by atoms with E-state index in [-0.39, 0.29) is 0 Å². The minimum absolute atomic E-state index is 0.532. The molecule has 2 atom stereocenters. The first-order chi connectivity index (χ1) is 8.24. The fraction of sp³-hybridized carbons (Fsp3) is 0.583. The van der Waals surface area contributed by atoms with Gasteiger partial charge in [-0.3, -0.25) is 4.90 Å². The molecule has 3 heterocycles. The molecule has 3 rings (SSSR count). The number of nitrogens with zero attached hydrogens (tertiary/aromatic N) is 2. The van der Waals surface area contributed by atoms with Gasteiger partial charge < -0.3 is 11.1 Å². The van der Waals surface area contributed by atoms with Gasteiger partial charge in [0.05, 0.1) is 16.4 Å². The Hall–Kier alpha value is -0.810. The summed E-state index contributed by atoms with van der Waals surface area (Å²) in [6, 6.07) is 3.13. The quantitative estimate of drug-likeness (QED) is 0.877. The average molecular weight is 297 g/mol. The summed E-state index contributed by atoms with van der Waals surface area (Å²) in [5.74, 6) is 0.915. The molecule has 0 spiro atoms. The van der Waals surface area contributed by atoms with E-state index in [2.05, 4.69) is 31.1 Å². The van der Waals surface area contributed by atoms with Gasteiger partial charge in [0.15, 0.2) is 0 Å². The zero-order chi connectivity index (χ0) is 11.8. The van der Waals surface area contributed by atoms with Gasteiger partial charge >= 0.3 is 0 Å². The number of nitrogens with two attached hydrogens (primary N) is 1. The number of hydrogen-bond acceptors (Lipinski definition) is 4. The van der Waals surface area contributed by atoms with Crippen LogP contribution in [0.3, 0.4) is 0 Å². The predicted molar refractivity (Wildman–Crippen MR) is 73.0 cm³/mol. The van der Waals surface area contributed by atoms with Gasteiger partial charge in [0.1, 0.15) is 5.82 Å². The van der Waals surface area contributed by atoms with Crippen LogP contribution in [0, 0.1) is 0 Å². The molecular weight excluding hydrogens is 280 g/mol. The third kappa shape index (κ3) is 2.13. The van der Waals surface area contributed by atoms with Gasteiger partial charge in [0.25, 0.3) is 0 Å². The first-order valence-corrected chi connectivity index (χ1v) is 6.95. The topological polar surface area (TPSA) is 54.2 Å². The van der Waals surface area contributed by atoms with Crippen molar-refractivity contribution in [2.75, 3.05) is 24.1 Å². The van der Waals surface area contributed by atoms with Crippen LogP contribution in [0.15, 0.2) is 16.7 Å². The molecule has 2 aliphatic heterocycles. The van der Waals surface area contributed by atoms with Crippen molar-refractivity contribution in [2.24, 2.45) is 0 Å². The summed E-state index contributed by atoms with van der Waals surface area (Å²) in [4.78, 5) is 6.94. The summed E-state index contributed by atoms with van der Waals surface area (Å²) >= 11 is 3.51. The fourth-order valence-electron chi connectivity index (χ4n) is 2.99. The van der Waals surface area contributed by atoms with E-state index in [0.29, 0.717) is 17.8 Å². The summed E-state index contributed by atoms with van der Waals surface area (Å²) < 4.78 is 0.953. The van der Waals surface area contributed by atoms with Crippen molar-refractivity contribution >= 4 is 27.4 Å². The second-order valence-electron chi connectivity index (χ2n) is 4.88. The Bertz CT molecular complexity index is 423. The van der Waals surface area contributed by atoms with E-state index in [1.54, 1.807) is 6.20 Å². The number of halogens is 1. The van der Waals surface area contributed by atoms with Gasteiger partial charge in [0, 0.05) is 18.6 Å². The molecule has 2 unspecified atom stereocenters. The first kappa shape index (κ1) is 11.3. The lowest BCUT2D eigenvalue weighted by Crippen LogP contribution is -2.34. The van der Waals surface area contributed by atoms with Crippen molar-refractivity contribution in [1.82, 2.24) is 9.88 Å². The summed E-state index contributed by atoms with van der Waals surface area (Å²) in [5, 5.41) is 3.55. The van der Waals surface area contributed by atoms with E-state index in [1.165, 1.54) is 32.4 Å². The third-order valence-corrected chi connectivity index (χ3v) is 4.39. The molecule has 0 radical (unpaired) electrons. The summed E-state index contributed by atoms with van der Waals surface area (Å²) in [5.41, 5.74) is 6.38. The number of nitrogens with one attached hydrogen (secondary N) is 1. The van der Waals surface area contributed by atoms with Crippen LogP contribution in [0.2, 0.25) is 0 Å². The number of rotatable bonds is 2. The Morgan fingerprint density at radius 2 is 2.29 bits per heavy atom. The van der Waals surface area contributed by atoms with Crippen LogP contribution in [-0.2, 0) is 0 Å². The molecule has 2 aliphatic rings. The standard InChI is InChI=1S/C12H17BrN4/c13-9-6-8(14)7-15-12(9)16-10-3-5-17-4-1-2-11(10)17/h6-7,10-11H,1-5,14H2,(H,15,16). The van der Waals surface area contributed by atoms with Crippen molar-refractivity contribution in [3.8, 4) is 0 Å². The number of anilines is 2. The highest BCUT2D eigenvalue weighted by Gasteiger charge is 2.37. The highest BCUT2D eigenvalue weighted by Crippen LogP contribution is 2.31. The normalized spacial score (nSPS) is 28.3. The molecule has 1 aromatic rings. The molecule has 5 heteroatoms. The SMILES string of the molecule is Nc1cnc(NC2CCN3CCCC23)c(Br)c1. The molecule has 0 aromatic carbocycles. The van der Waals surface area contributed by atoms with E-state index < -0.39 is 0 Å². The molecule has 0 saturated carbocycles. The number of nitrogen functional groups attached to an aromatic ring is 1. The van der Waals surface area contributed by atoms with E-state index in [0.717, 1.165) is 10.3 Å². The maximum atomic E-state index is 5.69. The van der Waals surface area contributed by atoms with Gasteiger partial charge in [-0.2, -0.15) is 0 Å². The molecule has 3 N–H and O–H groups in total. The zero-order valence-corrected chi connectivity index (χ0v) is 11.3. The molecular formula is C12H17BrN4. The molecule has 2 saturated heterocycles. The average Bonchev–Trinajstić information content (AvgIpc) is 2.86. The Kier molecular flexibility index (Phi) is 2.96. The van der Waals surface area contributed by atoms with Crippen LogP contribution < -0.4 is 11.1 Å². The lowest BCUT2D eigenvalue weighted by molar-refractivity contribution is 0.318. The first-order valence-electron chi connectivity index (χ1n) is 6.15. The monoisotopic (exact) mass is 296 g/mol. The molecule has 17 heavy (non-hydrogen) atoms. The van der Waals surface area contributed by atoms with Crippen LogP contribution in [0.1, 0.15) is 19.3 Å². The molecule has 0 bridgehead atoms. The molecule has 0 aliphatic carbocycles. The van der Waals surface area contributed by atoms with Crippen LogP contribution >= 0.6 is 15.9 Å². The van der Waals surface area contributed by atoms with Crippen molar-refractivity contribution < 1.29 is 0 Å². The largest absolute Gasteiger partial charge is 0.397 e. The van der Waals surface area contributed by atoms with Crippen molar-refractivity contribution in [3.05, 3.63) is 16.7 Å². The van der Waals surface area contributed by atoms with Gasteiger partial charge in [-0.15, -0.1) is 0 Å². The van der Waals surface area contributed by atoms with Crippen LogP contribution in [0.5, 0.6) is 0 Å². The lowest BCUT2D eigenvalue weighted by Gasteiger charge is -2.22. The minimum Gasteiger partial charge on any atom is -0.397 e. The van der Waals surface area contributed by atoms with Gasteiger partial charge in [-0.1, -0.05) is 0 Å². The van der Waals surface area contributed by atoms with Crippen LogP contribution in [0.25, 0.3) is 0 Å². The van der Waals surface area contributed by atoms with E-state index in [4.69, 9.17) is 5.73 Å². The van der Waals surface area contributed by atoms with Crippen LogP contribution in [-0.4, -0.2) is 35.1 Å². The van der Waals surface area contributed by atoms with Crippen molar-refractivity contribution in [3.63, 3.8) is 0 Å². The zero-order valence-electron chi connectivity index (χ0n) is 9.69. The third-order valence-electron chi connectivity index (χ3n) is 3.79. The second-order valence-corrected chi connectivity index (χ2v) is 5.74. The maximum absolute atomic E-state index is 5.69. The fourth-order valence-corrected chi connectivity index (χ4v) is 3.47. The Morgan fingerprint density at radius 3 is 3.12 bits per heavy atom. The highest BCUT2D eigenvalue weighted by atomic mass is 79.9. The molecule has 1 aromatic heterocycles. The molecule has 4 nitrogen and oxygen atoms in total. The number of aromatic nitrogens is 1. The van der Waals surface area contributed by atoms with Gasteiger partial charge in [0.2, 0.25) is 0 Å². The number of fused-ring (bicyclic) bond motifs is 1. The minimum atomic E-state index is 0.532. The van der Waals surface area contributed by atoms with Crippen molar-refractivity contribution in [1.29, 1.82) is 0 Å². The van der Waals surface area contributed by atoms with Crippen LogP contribution in [0.4, 0.5) is 11.5 Å². The maximum Gasteiger partial charge on any atom is 0.140 e. The van der Waals surface area contributed by atoms with E-state index >= 15 is 0 Å². The molecule has 92 valence electrons. The van der Waals surface area contributed by atoms with Crippen molar-refractivity contribution in [2.45, 2.75) is 31.3 Å². The molecule has 0 amide bonds. The highest BCUT2D eigenvalue weighted by molar-refractivity contribution is 9.10. The lowest BCUT2D eigenvalue weighted by atomic mass is 10.1.